The lowest BCUT2D eigenvalue weighted by Crippen LogP contribution is -2.49. The number of hydrogen-bond acceptors (Lipinski definition) is 6. The third kappa shape index (κ3) is 4.86. The zero-order chi connectivity index (χ0) is 25.5. The number of nitriles is 1. The first-order chi connectivity index (χ1) is 16.5. The number of hydrogen-bond donors (Lipinski definition) is 0. The first-order valence-electron chi connectivity index (χ1n) is 10.9. The van der Waals surface area contributed by atoms with Crippen molar-refractivity contribution < 1.29 is 17.9 Å². The molecule has 35 heavy (non-hydrogen) atoms. The van der Waals surface area contributed by atoms with Gasteiger partial charge in [0.25, 0.3) is 5.56 Å². The number of fused-ring (bicyclic) bond motifs is 1. The summed E-state index contributed by atoms with van der Waals surface area (Å²) in [7, 11) is 3.49. The molecule has 1 aliphatic heterocycles. The van der Waals surface area contributed by atoms with E-state index in [9.17, 15) is 23.2 Å². The van der Waals surface area contributed by atoms with Crippen molar-refractivity contribution in [3.8, 4) is 11.8 Å². The second-order valence-corrected chi connectivity index (χ2v) is 9.02. The molecule has 0 radical (unpaired) electrons. The van der Waals surface area contributed by atoms with E-state index in [0.717, 1.165) is 5.69 Å². The van der Waals surface area contributed by atoms with Crippen LogP contribution in [0.15, 0.2) is 41.2 Å². The van der Waals surface area contributed by atoms with Gasteiger partial charge in [-0.2, -0.15) is 5.26 Å². The minimum absolute atomic E-state index is 0.0222. The average molecular weight is 506 g/mol. The van der Waals surface area contributed by atoms with E-state index in [1.807, 2.05) is 22.9 Å². The number of rotatable bonds is 4. The van der Waals surface area contributed by atoms with Crippen LogP contribution in [-0.4, -0.2) is 42.1 Å². The van der Waals surface area contributed by atoms with E-state index in [1.54, 1.807) is 31.3 Å². The van der Waals surface area contributed by atoms with Crippen LogP contribution < -0.4 is 20.1 Å². The van der Waals surface area contributed by atoms with Gasteiger partial charge in [0.15, 0.2) is 0 Å². The number of anilines is 2. The van der Waals surface area contributed by atoms with Crippen LogP contribution in [0, 0.1) is 17.2 Å². The molecule has 3 heterocycles. The number of aryl methyl sites for hydroxylation is 1. The summed E-state index contributed by atoms with van der Waals surface area (Å²) in [5, 5.41) is 10.1. The van der Waals surface area contributed by atoms with Crippen molar-refractivity contribution in [3.63, 3.8) is 0 Å². The monoisotopic (exact) mass is 505 g/mol. The molecular weight excluding hydrogens is 483 g/mol. The molecule has 11 heteroatoms. The van der Waals surface area contributed by atoms with Crippen molar-refractivity contribution >= 4 is 34.0 Å². The van der Waals surface area contributed by atoms with Crippen molar-refractivity contribution in [2.24, 2.45) is 13.0 Å². The molecule has 184 valence electrons. The lowest BCUT2D eigenvalue weighted by molar-refractivity contribution is -0.274. The molecule has 0 unspecified atom stereocenters. The van der Waals surface area contributed by atoms with Gasteiger partial charge in [-0.1, -0.05) is 18.5 Å². The molecule has 0 amide bonds. The molecule has 1 fully saturated rings. The molecule has 1 saturated heterocycles. The summed E-state index contributed by atoms with van der Waals surface area (Å²) >= 11 is 6.15. The van der Waals surface area contributed by atoms with Crippen LogP contribution in [0.2, 0.25) is 5.15 Å². The SMILES string of the molecule is C[C@@H]1CN(c2c(C#N)c(=O)n(C)c3ccc(Cl)nc23)CC[C@@H]1N(C)c1ccc(OC(F)(F)F)cc1. The molecule has 7 nitrogen and oxygen atoms in total. The number of pyridine rings is 2. The fourth-order valence-electron chi connectivity index (χ4n) is 4.76. The predicted octanol–water partition coefficient (Wildman–Crippen LogP) is 4.71. The van der Waals surface area contributed by atoms with E-state index in [1.165, 1.54) is 16.7 Å². The highest BCUT2D eigenvalue weighted by molar-refractivity contribution is 6.29. The van der Waals surface area contributed by atoms with Crippen molar-refractivity contribution in [1.82, 2.24) is 9.55 Å². The number of nitrogens with zero attached hydrogens (tertiary/aromatic N) is 5. The van der Waals surface area contributed by atoms with Gasteiger partial charge in [0.1, 0.15) is 28.1 Å². The molecule has 2 aromatic heterocycles. The Kier molecular flexibility index (Phi) is 6.56. The smallest absolute Gasteiger partial charge is 0.406 e. The minimum atomic E-state index is -4.74. The summed E-state index contributed by atoms with van der Waals surface area (Å²) in [6.45, 7) is 3.17. The van der Waals surface area contributed by atoms with Crippen molar-refractivity contribution in [1.29, 1.82) is 5.26 Å². The number of benzene rings is 1. The lowest BCUT2D eigenvalue weighted by atomic mass is 9.91. The topological polar surface area (TPSA) is 74.4 Å². The largest absolute Gasteiger partial charge is 0.573 e. The Balaban J connectivity index is 1.60. The normalized spacial score (nSPS) is 18.4. The van der Waals surface area contributed by atoms with Gasteiger partial charge in [-0.3, -0.25) is 4.79 Å². The third-order valence-electron chi connectivity index (χ3n) is 6.44. The third-order valence-corrected chi connectivity index (χ3v) is 6.65. The average Bonchev–Trinajstić information content (AvgIpc) is 2.80. The van der Waals surface area contributed by atoms with Gasteiger partial charge in [0, 0.05) is 38.9 Å². The van der Waals surface area contributed by atoms with Crippen LogP contribution in [-0.2, 0) is 7.05 Å². The predicted molar refractivity (Wildman–Crippen MR) is 128 cm³/mol. The van der Waals surface area contributed by atoms with E-state index >= 15 is 0 Å². The first kappa shape index (κ1) is 24.7. The van der Waals surface area contributed by atoms with Gasteiger partial charge in [-0.05, 0) is 48.7 Å². The molecule has 4 rings (SSSR count). The molecule has 3 aromatic rings. The van der Waals surface area contributed by atoms with Gasteiger partial charge in [-0.15, -0.1) is 13.2 Å². The van der Waals surface area contributed by atoms with Gasteiger partial charge >= 0.3 is 6.36 Å². The van der Waals surface area contributed by atoms with E-state index in [0.29, 0.717) is 36.2 Å². The van der Waals surface area contributed by atoms with Gasteiger partial charge < -0.3 is 19.1 Å². The number of alkyl halides is 3. The maximum atomic E-state index is 12.9. The first-order valence-corrected chi connectivity index (χ1v) is 11.3. The summed E-state index contributed by atoms with van der Waals surface area (Å²) in [5.74, 6) is -0.171. The molecule has 1 aromatic carbocycles. The molecule has 1 aliphatic rings. The highest BCUT2D eigenvalue weighted by Crippen LogP contribution is 2.34. The van der Waals surface area contributed by atoms with E-state index in [-0.39, 0.29) is 28.4 Å². The van der Waals surface area contributed by atoms with Gasteiger partial charge in [0.05, 0.1) is 11.2 Å². The van der Waals surface area contributed by atoms with Crippen LogP contribution in [0.1, 0.15) is 18.9 Å². The number of piperidine rings is 1. The molecule has 0 spiro atoms. The van der Waals surface area contributed by atoms with Gasteiger partial charge in [0.2, 0.25) is 0 Å². The zero-order valence-electron chi connectivity index (χ0n) is 19.3. The highest BCUT2D eigenvalue weighted by atomic mass is 35.5. The molecular formula is C24H23ClF3N5O2. The Morgan fingerprint density at radius 3 is 2.51 bits per heavy atom. The van der Waals surface area contributed by atoms with Crippen molar-refractivity contribution in [2.75, 3.05) is 29.9 Å². The van der Waals surface area contributed by atoms with E-state index in [2.05, 4.69) is 16.6 Å². The maximum Gasteiger partial charge on any atom is 0.573 e. The number of halogens is 4. The summed E-state index contributed by atoms with van der Waals surface area (Å²) in [5.41, 5.74) is 1.95. The molecule has 0 N–H and O–H groups in total. The number of ether oxygens (including phenoxy) is 1. The fourth-order valence-corrected chi connectivity index (χ4v) is 4.91. The standard InChI is InChI=1S/C24H23ClF3N5O2/c1-14-13-33(22-17(12-29)23(34)32(3)19-8-9-20(25)30-21(19)22)11-10-18(14)31(2)15-4-6-16(7-5-15)35-24(26,27)28/h4-9,14,18H,10-11,13H2,1-3H3/t14-,18+/m1/s1. The highest BCUT2D eigenvalue weighted by Gasteiger charge is 2.33. The summed E-state index contributed by atoms with van der Waals surface area (Å²) in [4.78, 5) is 21.3. The summed E-state index contributed by atoms with van der Waals surface area (Å²) in [6, 6.07) is 11.2. The summed E-state index contributed by atoms with van der Waals surface area (Å²) < 4.78 is 42.7. The fraction of sp³-hybridized carbons (Fsp3) is 0.375. The maximum absolute atomic E-state index is 12.9. The molecule has 0 aliphatic carbocycles. The van der Waals surface area contributed by atoms with Crippen molar-refractivity contribution in [3.05, 3.63) is 57.5 Å². The lowest BCUT2D eigenvalue weighted by Gasteiger charge is -2.43. The van der Waals surface area contributed by atoms with Crippen LogP contribution in [0.5, 0.6) is 5.75 Å². The Hall–Kier alpha value is -3.45. The minimum Gasteiger partial charge on any atom is -0.406 e. The Bertz CT molecular complexity index is 1350. The van der Waals surface area contributed by atoms with E-state index in [4.69, 9.17) is 11.6 Å². The second-order valence-electron chi connectivity index (χ2n) is 8.63. The Labute approximate surface area is 204 Å². The molecule has 2 atom stereocenters. The van der Waals surface area contributed by atoms with Crippen LogP contribution in [0.3, 0.4) is 0 Å². The van der Waals surface area contributed by atoms with Crippen molar-refractivity contribution in [2.45, 2.75) is 25.7 Å². The quantitative estimate of drug-likeness (QED) is 0.478. The van der Waals surface area contributed by atoms with Gasteiger partial charge in [-0.25, -0.2) is 4.98 Å². The Morgan fingerprint density at radius 2 is 1.91 bits per heavy atom. The zero-order valence-corrected chi connectivity index (χ0v) is 20.1. The molecule has 0 saturated carbocycles. The number of aromatic nitrogens is 2. The van der Waals surface area contributed by atoms with E-state index < -0.39 is 11.9 Å². The molecule has 0 bridgehead atoms. The van der Waals surface area contributed by atoms with Crippen LogP contribution in [0.4, 0.5) is 24.5 Å². The summed E-state index contributed by atoms with van der Waals surface area (Å²) in [6.07, 6.45) is -4.04. The van der Waals surface area contributed by atoms with Crippen LogP contribution in [0.25, 0.3) is 11.0 Å². The Morgan fingerprint density at radius 1 is 1.23 bits per heavy atom. The van der Waals surface area contributed by atoms with Crippen LogP contribution >= 0.6 is 11.6 Å². The second kappa shape index (κ2) is 9.30.